The molecule has 1 saturated heterocycles. The van der Waals surface area contributed by atoms with Gasteiger partial charge in [0.1, 0.15) is 35.6 Å². The summed E-state index contributed by atoms with van der Waals surface area (Å²) in [6, 6.07) is 19.5. The predicted molar refractivity (Wildman–Crippen MR) is 149 cm³/mol. The standard InChI is InChI=1S/C30H32N4O6/c1-30(36)26(39-17-21-11-7-4-8-12-21)23(18-38-16-20-9-5-3-6-10-20)40-29(30)34-15-22(13-14-24(35)37-2)25-27(31)32-19-33-28(25)34/h3-15,19,23,26,29,36H,16-18H2,1-2H3,(H2,31,32,33)/b14-13-/t23-,26-,29?,30-/m1/s1. The summed E-state index contributed by atoms with van der Waals surface area (Å²) in [6.45, 7) is 2.52. The highest BCUT2D eigenvalue weighted by molar-refractivity contribution is 5.97. The lowest BCUT2D eigenvalue weighted by Crippen LogP contribution is -2.46. The number of nitrogens with two attached hydrogens (primary N) is 1. The van der Waals surface area contributed by atoms with Crippen LogP contribution in [0.4, 0.5) is 5.82 Å². The number of hydrogen-bond donors (Lipinski definition) is 2. The van der Waals surface area contributed by atoms with Crippen molar-refractivity contribution in [1.29, 1.82) is 0 Å². The van der Waals surface area contributed by atoms with Crippen LogP contribution >= 0.6 is 0 Å². The highest BCUT2D eigenvalue weighted by Gasteiger charge is 2.55. The predicted octanol–water partition coefficient (Wildman–Crippen LogP) is 3.65. The van der Waals surface area contributed by atoms with Crippen molar-refractivity contribution in [3.8, 4) is 0 Å². The molecule has 40 heavy (non-hydrogen) atoms. The molecule has 0 aliphatic carbocycles. The van der Waals surface area contributed by atoms with Gasteiger partial charge in [-0.05, 0) is 24.1 Å². The highest BCUT2D eigenvalue weighted by Crippen LogP contribution is 2.43. The first-order chi connectivity index (χ1) is 19.4. The number of rotatable bonds is 10. The first kappa shape index (κ1) is 27.5. The van der Waals surface area contributed by atoms with E-state index in [9.17, 15) is 9.90 Å². The Labute approximate surface area is 232 Å². The van der Waals surface area contributed by atoms with Crippen LogP contribution in [0, 0.1) is 0 Å². The molecule has 0 radical (unpaired) electrons. The van der Waals surface area contributed by atoms with Gasteiger partial charge in [0.2, 0.25) is 0 Å². The van der Waals surface area contributed by atoms with Gasteiger partial charge in [-0.3, -0.25) is 0 Å². The molecule has 0 saturated carbocycles. The maximum absolute atomic E-state index is 11.9. The summed E-state index contributed by atoms with van der Waals surface area (Å²) in [5.41, 5.74) is 7.71. The summed E-state index contributed by atoms with van der Waals surface area (Å²) in [4.78, 5) is 20.3. The molecular formula is C30H32N4O6. The van der Waals surface area contributed by atoms with E-state index in [1.807, 2.05) is 60.7 Å². The normalized spacial score (nSPS) is 22.7. The summed E-state index contributed by atoms with van der Waals surface area (Å²) >= 11 is 0. The van der Waals surface area contributed by atoms with Crippen molar-refractivity contribution in [3.63, 3.8) is 0 Å². The fraction of sp³-hybridized carbons (Fsp3) is 0.300. The second-order valence-corrected chi connectivity index (χ2v) is 9.78. The van der Waals surface area contributed by atoms with Crippen molar-refractivity contribution in [1.82, 2.24) is 14.5 Å². The minimum atomic E-state index is -1.50. The Kier molecular flexibility index (Phi) is 8.22. The second-order valence-electron chi connectivity index (χ2n) is 9.78. The zero-order valence-electron chi connectivity index (χ0n) is 22.3. The van der Waals surface area contributed by atoms with Crippen LogP contribution in [0.2, 0.25) is 0 Å². The molecule has 1 aliphatic rings. The van der Waals surface area contributed by atoms with Gasteiger partial charge in [0.05, 0.1) is 32.3 Å². The lowest BCUT2D eigenvalue weighted by atomic mass is 9.96. The van der Waals surface area contributed by atoms with Gasteiger partial charge in [0.15, 0.2) is 6.23 Å². The lowest BCUT2D eigenvalue weighted by molar-refractivity contribution is -0.134. The molecule has 1 aliphatic heterocycles. The summed E-state index contributed by atoms with van der Waals surface area (Å²) in [5.74, 6) is -0.295. The number of aromatic nitrogens is 3. The van der Waals surface area contributed by atoms with E-state index >= 15 is 0 Å². The highest BCUT2D eigenvalue weighted by atomic mass is 16.6. The van der Waals surface area contributed by atoms with Crippen molar-refractivity contribution in [2.75, 3.05) is 19.5 Å². The topological polar surface area (TPSA) is 131 Å². The molecule has 10 nitrogen and oxygen atoms in total. The lowest BCUT2D eigenvalue weighted by Gasteiger charge is -2.30. The molecule has 5 rings (SSSR count). The fourth-order valence-corrected chi connectivity index (χ4v) is 4.94. The molecule has 4 aromatic rings. The van der Waals surface area contributed by atoms with Gasteiger partial charge in [-0.2, -0.15) is 0 Å². The number of benzene rings is 2. The molecule has 2 aromatic heterocycles. The summed E-state index contributed by atoms with van der Waals surface area (Å²) in [6.07, 6.45) is 3.67. The van der Waals surface area contributed by atoms with E-state index in [0.717, 1.165) is 11.1 Å². The molecule has 0 amide bonds. The molecule has 1 fully saturated rings. The van der Waals surface area contributed by atoms with E-state index in [1.165, 1.54) is 19.5 Å². The Morgan fingerprint density at radius 2 is 1.77 bits per heavy atom. The van der Waals surface area contributed by atoms with E-state index in [4.69, 9.17) is 24.7 Å². The van der Waals surface area contributed by atoms with Gasteiger partial charge in [-0.1, -0.05) is 60.7 Å². The number of carbonyl (C=O) groups excluding carboxylic acids is 1. The molecule has 2 aromatic carbocycles. The average Bonchev–Trinajstić information content (AvgIpc) is 3.45. The SMILES string of the molecule is COC(=O)/C=C\c1cn(C2O[C@H](COCc3ccccc3)[C@@H](OCc3ccccc3)[C@@]2(C)O)c2ncnc(N)c12. The Balaban J connectivity index is 1.46. The van der Waals surface area contributed by atoms with Gasteiger partial charge < -0.3 is 34.4 Å². The van der Waals surface area contributed by atoms with E-state index < -0.39 is 30.0 Å². The van der Waals surface area contributed by atoms with Crippen LogP contribution in [0.3, 0.4) is 0 Å². The van der Waals surface area contributed by atoms with Crippen LogP contribution in [0.15, 0.2) is 79.3 Å². The largest absolute Gasteiger partial charge is 0.466 e. The summed E-state index contributed by atoms with van der Waals surface area (Å²) < 4.78 is 25.2. The number of hydrogen-bond acceptors (Lipinski definition) is 9. The second kappa shape index (κ2) is 12.0. The van der Waals surface area contributed by atoms with Crippen LogP contribution in [-0.2, 0) is 37.0 Å². The Morgan fingerprint density at radius 1 is 1.10 bits per heavy atom. The monoisotopic (exact) mass is 544 g/mol. The van der Waals surface area contributed by atoms with E-state index in [2.05, 4.69) is 9.97 Å². The van der Waals surface area contributed by atoms with Crippen molar-refractivity contribution in [2.45, 2.75) is 44.2 Å². The number of nitrogens with zero attached hydrogens (tertiary/aromatic N) is 3. The number of esters is 1. The number of aliphatic hydroxyl groups is 1. The van der Waals surface area contributed by atoms with Gasteiger partial charge in [-0.15, -0.1) is 0 Å². The average molecular weight is 545 g/mol. The number of carbonyl (C=O) groups is 1. The Bertz CT molecular complexity index is 1470. The molecular weight excluding hydrogens is 512 g/mol. The van der Waals surface area contributed by atoms with Gasteiger partial charge >= 0.3 is 5.97 Å². The summed E-state index contributed by atoms with van der Waals surface area (Å²) in [7, 11) is 1.30. The zero-order valence-corrected chi connectivity index (χ0v) is 22.3. The van der Waals surface area contributed by atoms with Crippen LogP contribution in [0.25, 0.3) is 17.1 Å². The molecule has 3 N–H and O–H groups in total. The molecule has 208 valence electrons. The van der Waals surface area contributed by atoms with Gasteiger partial charge in [0.25, 0.3) is 0 Å². The maximum atomic E-state index is 11.9. The van der Waals surface area contributed by atoms with Crippen molar-refractivity contribution in [2.24, 2.45) is 0 Å². The van der Waals surface area contributed by atoms with E-state index in [0.29, 0.717) is 23.2 Å². The quantitative estimate of drug-likeness (QED) is 0.227. The van der Waals surface area contributed by atoms with Crippen LogP contribution in [-0.4, -0.2) is 57.1 Å². The number of ether oxygens (including phenoxy) is 4. The third-order valence-corrected chi connectivity index (χ3v) is 6.90. The van der Waals surface area contributed by atoms with E-state index in [-0.39, 0.29) is 19.0 Å². The molecule has 10 heteroatoms. The third-order valence-electron chi connectivity index (χ3n) is 6.90. The molecule has 0 bridgehead atoms. The van der Waals surface area contributed by atoms with Crippen molar-refractivity contribution in [3.05, 3.63) is 96.0 Å². The Hall–Kier alpha value is -4.09. The molecule has 0 spiro atoms. The van der Waals surface area contributed by atoms with Crippen molar-refractivity contribution >= 4 is 28.9 Å². The molecule has 4 atom stereocenters. The minimum Gasteiger partial charge on any atom is -0.466 e. The van der Waals surface area contributed by atoms with Gasteiger partial charge in [-0.25, -0.2) is 14.8 Å². The number of methoxy groups -OCH3 is 1. The smallest absolute Gasteiger partial charge is 0.330 e. The molecule has 1 unspecified atom stereocenters. The van der Waals surface area contributed by atoms with Crippen LogP contribution in [0.1, 0.15) is 29.8 Å². The third kappa shape index (κ3) is 5.75. The van der Waals surface area contributed by atoms with Gasteiger partial charge in [0, 0.05) is 17.8 Å². The number of anilines is 1. The first-order valence-corrected chi connectivity index (χ1v) is 12.9. The van der Waals surface area contributed by atoms with E-state index in [1.54, 1.807) is 23.8 Å². The zero-order chi connectivity index (χ0) is 28.1. The molecule has 3 heterocycles. The first-order valence-electron chi connectivity index (χ1n) is 12.9. The van der Waals surface area contributed by atoms with Crippen molar-refractivity contribution < 1.29 is 28.8 Å². The fourth-order valence-electron chi connectivity index (χ4n) is 4.94. The Morgan fingerprint density at radius 3 is 2.45 bits per heavy atom. The number of nitrogen functional groups attached to an aromatic ring is 1. The maximum Gasteiger partial charge on any atom is 0.330 e. The minimum absolute atomic E-state index is 0.187. The number of fused-ring (bicyclic) bond motifs is 1. The summed E-state index contributed by atoms with van der Waals surface area (Å²) in [5, 5.41) is 12.5. The van der Waals surface area contributed by atoms with Crippen LogP contribution < -0.4 is 5.73 Å². The van der Waals surface area contributed by atoms with Crippen LogP contribution in [0.5, 0.6) is 0 Å².